The molecule has 0 saturated heterocycles. The third kappa shape index (κ3) is 4.07. The smallest absolute Gasteiger partial charge is 0.185 e. The van der Waals surface area contributed by atoms with Crippen molar-refractivity contribution in [3.8, 4) is 0 Å². The molecule has 0 radical (unpaired) electrons. The summed E-state index contributed by atoms with van der Waals surface area (Å²) in [5.41, 5.74) is 1.46. The van der Waals surface area contributed by atoms with Crippen LogP contribution in [0.3, 0.4) is 0 Å². The van der Waals surface area contributed by atoms with Crippen molar-refractivity contribution in [3.63, 3.8) is 0 Å². The van der Waals surface area contributed by atoms with Gasteiger partial charge in [0.15, 0.2) is 5.78 Å². The highest BCUT2D eigenvalue weighted by atomic mass is 32.2. The number of rotatable bonds is 5. The fourth-order valence-electron chi connectivity index (χ4n) is 1.72. The lowest BCUT2D eigenvalue weighted by Crippen LogP contribution is -1.93. The molecule has 0 aliphatic rings. The van der Waals surface area contributed by atoms with Crippen LogP contribution in [0.15, 0.2) is 59.5 Å². The monoisotopic (exact) mass is 286 g/mol. The van der Waals surface area contributed by atoms with Gasteiger partial charge < -0.3 is 0 Å². The van der Waals surface area contributed by atoms with Gasteiger partial charge in [-0.05, 0) is 53.8 Å². The summed E-state index contributed by atoms with van der Waals surface area (Å²) >= 11 is 1.78. The maximum atomic E-state index is 12.8. The number of allylic oxidation sites excluding steroid dienone is 1. The van der Waals surface area contributed by atoms with Crippen LogP contribution in [0, 0.1) is 5.82 Å². The predicted molar refractivity (Wildman–Crippen MR) is 82.6 cm³/mol. The summed E-state index contributed by atoms with van der Waals surface area (Å²) in [5.74, 6) is 0.574. The van der Waals surface area contributed by atoms with Gasteiger partial charge in [-0.15, -0.1) is 11.8 Å². The number of halogens is 1. The Morgan fingerprint density at radius 2 is 1.75 bits per heavy atom. The van der Waals surface area contributed by atoms with Crippen LogP contribution in [0.2, 0.25) is 0 Å². The Hall–Kier alpha value is -1.87. The molecule has 0 bridgehead atoms. The predicted octanol–water partition coefficient (Wildman–Crippen LogP) is 4.83. The van der Waals surface area contributed by atoms with Gasteiger partial charge in [0.25, 0.3) is 0 Å². The molecule has 2 aromatic carbocycles. The fourth-order valence-corrected chi connectivity index (χ4v) is 2.39. The minimum atomic E-state index is -0.338. The number of carbonyl (C=O) groups is 1. The molecule has 0 unspecified atom stereocenters. The van der Waals surface area contributed by atoms with Crippen molar-refractivity contribution in [1.29, 1.82) is 0 Å². The van der Waals surface area contributed by atoms with Crippen LogP contribution in [0.4, 0.5) is 4.39 Å². The summed E-state index contributed by atoms with van der Waals surface area (Å²) in [7, 11) is 0. The van der Waals surface area contributed by atoms with E-state index < -0.39 is 0 Å². The summed E-state index contributed by atoms with van der Waals surface area (Å²) in [6.07, 6.45) is 3.28. The second-order valence-corrected chi connectivity index (χ2v) is 5.54. The Morgan fingerprint density at radius 3 is 2.35 bits per heavy atom. The van der Waals surface area contributed by atoms with E-state index in [-0.39, 0.29) is 11.6 Å². The quantitative estimate of drug-likeness (QED) is 0.445. The van der Waals surface area contributed by atoms with Crippen molar-refractivity contribution in [2.24, 2.45) is 0 Å². The third-order valence-corrected chi connectivity index (χ3v) is 3.64. The van der Waals surface area contributed by atoms with Crippen LogP contribution < -0.4 is 0 Å². The number of hydrogen-bond donors (Lipinski definition) is 0. The first-order valence-corrected chi connectivity index (χ1v) is 7.38. The van der Waals surface area contributed by atoms with Gasteiger partial charge in [0.1, 0.15) is 5.82 Å². The molecule has 0 aliphatic carbocycles. The van der Waals surface area contributed by atoms with Gasteiger partial charge in [-0.3, -0.25) is 4.79 Å². The standard InChI is InChI=1S/C17H15FOS/c1-2-20-16-10-3-13(4-11-16)5-12-17(19)14-6-8-15(18)9-7-14/h3-12H,2H2,1H3. The van der Waals surface area contributed by atoms with E-state index in [1.54, 1.807) is 17.8 Å². The zero-order valence-corrected chi connectivity index (χ0v) is 12.0. The van der Waals surface area contributed by atoms with E-state index in [4.69, 9.17) is 0 Å². The summed E-state index contributed by atoms with van der Waals surface area (Å²) in [5, 5.41) is 0. The van der Waals surface area contributed by atoms with E-state index in [0.717, 1.165) is 11.3 Å². The molecule has 0 aliphatic heterocycles. The van der Waals surface area contributed by atoms with Crippen molar-refractivity contribution >= 4 is 23.6 Å². The molecule has 0 aromatic heterocycles. The molecule has 0 amide bonds. The number of carbonyl (C=O) groups excluding carboxylic acids is 1. The van der Waals surface area contributed by atoms with Crippen molar-refractivity contribution in [1.82, 2.24) is 0 Å². The number of benzene rings is 2. The zero-order valence-electron chi connectivity index (χ0n) is 11.2. The van der Waals surface area contributed by atoms with E-state index in [1.165, 1.54) is 35.2 Å². The highest BCUT2D eigenvalue weighted by Gasteiger charge is 2.01. The van der Waals surface area contributed by atoms with E-state index in [2.05, 4.69) is 6.92 Å². The topological polar surface area (TPSA) is 17.1 Å². The van der Waals surface area contributed by atoms with Gasteiger partial charge in [-0.1, -0.05) is 25.1 Å². The fraction of sp³-hybridized carbons (Fsp3) is 0.118. The van der Waals surface area contributed by atoms with E-state index in [9.17, 15) is 9.18 Å². The van der Waals surface area contributed by atoms with Crippen molar-refractivity contribution in [3.05, 3.63) is 71.6 Å². The van der Waals surface area contributed by atoms with Crippen LogP contribution in [0.25, 0.3) is 6.08 Å². The minimum Gasteiger partial charge on any atom is -0.289 e. The summed E-state index contributed by atoms with van der Waals surface area (Å²) in [4.78, 5) is 13.1. The van der Waals surface area contributed by atoms with Gasteiger partial charge in [0, 0.05) is 10.5 Å². The molecule has 0 saturated carbocycles. The molecule has 1 nitrogen and oxygen atoms in total. The molecule has 0 heterocycles. The van der Waals surface area contributed by atoms with E-state index in [1.807, 2.05) is 24.3 Å². The van der Waals surface area contributed by atoms with E-state index in [0.29, 0.717) is 5.56 Å². The molecule has 2 aromatic rings. The Morgan fingerprint density at radius 1 is 1.10 bits per heavy atom. The first-order valence-electron chi connectivity index (χ1n) is 6.40. The first kappa shape index (κ1) is 14.5. The molecule has 3 heteroatoms. The minimum absolute atomic E-state index is 0.128. The van der Waals surface area contributed by atoms with E-state index >= 15 is 0 Å². The van der Waals surface area contributed by atoms with Crippen molar-refractivity contribution < 1.29 is 9.18 Å². The lowest BCUT2D eigenvalue weighted by molar-refractivity contribution is 0.104. The molecule has 102 valence electrons. The second kappa shape index (κ2) is 7.06. The highest BCUT2D eigenvalue weighted by Crippen LogP contribution is 2.18. The molecule has 0 fully saturated rings. The Bertz CT molecular complexity index is 600. The van der Waals surface area contributed by atoms with Crippen LogP contribution in [0.5, 0.6) is 0 Å². The van der Waals surface area contributed by atoms with Crippen LogP contribution in [-0.4, -0.2) is 11.5 Å². The first-order chi connectivity index (χ1) is 9.69. The Balaban J connectivity index is 2.04. The SMILES string of the molecule is CCSc1ccc(C=CC(=O)c2ccc(F)cc2)cc1. The van der Waals surface area contributed by atoms with Crippen molar-refractivity contribution in [2.45, 2.75) is 11.8 Å². The lowest BCUT2D eigenvalue weighted by Gasteiger charge is -1.99. The summed E-state index contributed by atoms with van der Waals surface area (Å²) in [6.45, 7) is 2.11. The maximum Gasteiger partial charge on any atom is 0.185 e. The summed E-state index contributed by atoms with van der Waals surface area (Å²) in [6, 6.07) is 13.6. The largest absolute Gasteiger partial charge is 0.289 e. The number of thioether (sulfide) groups is 1. The molecule has 20 heavy (non-hydrogen) atoms. The molecule has 0 spiro atoms. The molecule has 2 rings (SSSR count). The number of hydrogen-bond acceptors (Lipinski definition) is 2. The normalized spacial score (nSPS) is 10.9. The average molecular weight is 286 g/mol. The summed E-state index contributed by atoms with van der Waals surface area (Å²) < 4.78 is 12.8. The van der Waals surface area contributed by atoms with Crippen LogP contribution in [-0.2, 0) is 0 Å². The Kier molecular flexibility index (Phi) is 5.13. The van der Waals surface area contributed by atoms with Gasteiger partial charge >= 0.3 is 0 Å². The van der Waals surface area contributed by atoms with Gasteiger partial charge in [0.05, 0.1) is 0 Å². The van der Waals surface area contributed by atoms with Crippen molar-refractivity contribution in [2.75, 3.05) is 5.75 Å². The third-order valence-electron chi connectivity index (χ3n) is 2.75. The second-order valence-electron chi connectivity index (χ2n) is 4.21. The highest BCUT2D eigenvalue weighted by molar-refractivity contribution is 7.99. The van der Waals surface area contributed by atoms with Gasteiger partial charge in [0.2, 0.25) is 0 Å². The molecule has 0 N–H and O–H groups in total. The van der Waals surface area contributed by atoms with Gasteiger partial charge in [-0.25, -0.2) is 4.39 Å². The van der Waals surface area contributed by atoms with Gasteiger partial charge in [-0.2, -0.15) is 0 Å². The molecular weight excluding hydrogens is 271 g/mol. The Labute approximate surface area is 122 Å². The lowest BCUT2D eigenvalue weighted by atomic mass is 10.1. The molecule has 0 atom stereocenters. The average Bonchev–Trinajstić information content (AvgIpc) is 2.47. The van der Waals surface area contributed by atoms with Crippen LogP contribution >= 0.6 is 11.8 Å². The number of ketones is 1. The van der Waals surface area contributed by atoms with Crippen LogP contribution in [0.1, 0.15) is 22.8 Å². The molecular formula is C17H15FOS. The zero-order chi connectivity index (χ0) is 14.4. The maximum absolute atomic E-state index is 12.8.